The van der Waals surface area contributed by atoms with Gasteiger partial charge in [-0.3, -0.25) is 9.88 Å². The molecule has 8 heteroatoms. The maximum Gasteiger partial charge on any atom is 0.319 e. The Labute approximate surface area is 228 Å². The lowest BCUT2D eigenvalue weighted by Crippen LogP contribution is -2.43. The summed E-state index contributed by atoms with van der Waals surface area (Å²) in [5.41, 5.74) is 2.43. The zero-order valence-electron chi connectivity index (χ0n) is 22.6. The van der Waals surface area contributed by atoms with Crippen molar-refractivity contribution in [2.75, 3.05) is 37.7 Å². The summed E-state index contributed by atoms with van der Waals surface area (Å²) in [6.07, 6.45) is 12.3. The molecule has 202 valence electrons. The van der Waals surface area contributed by atoms with E-state index in [0.29, 0.717) is 35.0 Å². The topological polar surface area (TPSA) is 59.3 Å². The van der Waals surface area contributed by atoms with Crippen LogP contribution < -0.4 is 9.64 Å². The van der Waals surface area contributed by atoms with Crippen LogP contribution in [0.5, 0.6) is 6.01 Å². The molecule has 1 aliphatic carbocycles. The molecule has 0 N–H and O–H groups in total. The standard InChI is InChI=1S/C31H35FN6O/c1-36-14-9-22-5-2-6-23(28(22)36)26-25(32)27-24(16-33-26)29(37-17-20-7-8-21(15-20)18-37)35-30(34-27)39-19-31-10-3-12-38(31)13-4-11-31/h2,5-6,9,14,16,20-21H,3-4,7-8,10-13,15,17-19H2,1H3. The molecule has 1 aromatic carbocycles. The number of aryl methyl sites for hydroxylation is 1. The number of fused-ring (bicyclic) bond motifs is 5. The summed E-state index contributed by atoms with van der Waals surface area (Å²) < 4.78 is 24.9. The Hall–Kier alpha value is -3.26. The number of para-hydroxylation sites is 1. The highest BCUT2D eigenvalue weighted by Gasteiger charge is 2.45. The van der Waals surface area contributed by atoms with Crippen LogP contribution in [-0.2, 0) is 7.05 Å². The van der Waals surface area contributed by atoms with E-state index < -0.39 is 5.82 Å². The molecule has 6 heterocycles. The van der Waals surface area contributed by atoms with Crippen LogP contribution in [0.1, 0.15) is 44.9 Å². The predicted octanol–water partition coefficient (Wildman–Crippen LogP) is 5.57. The van der Waals surface area contributed by atoms with Gasteiger partial charge in [-0.2, -0.15) is 9.97 Å². The van der Waals surface area contributed by atoms with Crippen molar-refractivity contribution in [3.8, 4) is 17.3 Å². The third kappa shape index (κ3) is 3.74. The van der Waals surface area contributed by atoms with Crippen LogP contribution in [0, 0.1) is 17.7 Å². The average Bonchev–Trinajstić information content (AvgIpc) is 3.71. The zero-order chi connectivity index (χ0) is 26.1. The van der Waals surface area contributed by atoms with Gasteiger partial charge in [0.05, 0.1) is 16.4 Å². The van der Waals surface area contributed by atoms with Crippen LogP contribution in [-0.4, -0.2) is 62.7 Å². The molecule has 2 unspecified atom stereocenters. The molecule has 0 amide bonds. The van der Waals surface area contributed by atoms with E-state index in [4.69, 9.17) is 19.7 Å². The molecular weight excluding hydrogens is 491 g/mol. The van der Waals surface area contributed by atoms with Crippen LogP contribution in [0.4, 0.5) is 10.2 Å². The molecule has 0 radical (unpaired) electrons. The van der Waals surface area contributed by atoms with Gasteiger partial charge in [-0.25, -0.2) is 4.39 Å². The van der Waals surface area contributed by atoms with Gasteiger partial charge in [-0.1, -0.05) is 18.2 Å². The maximum absolute atomic E-state index is 16.5. The highest BCUT2D eigenvalue weighted by atomic mass is 19.1. The van der Waals surface area contributed by atoms with Crippen LogP contribution in [0.2, 0.25) is 0 Å². The number of hydrogen-bond donors (Lipinski definition) is 0. The first-order chi connectivity index (χ1) is 19.1. The first-order valence-corrected chi connectivity index (χ1v) is 14.6. The van der Waals surface area contributed by atoms with Crippen molar-refractivity contribution in [1.29, 1.82) is 0 Å². The molecule has 8 rings (SSSR count). The monoisotopic (exact) mass is 526 g/mol. The molecular formula is C31H35FN6O. The van der Waals surface area contributed by atoms with Gasteiger partial charge in [0.1, 0.15) is 23.6 Å². The summed E-state index contributed by atoms with van der Waals surface area (Å²) in [7, 11) is 1.98. The Balaban J connectivity index is 1.25. The lowest BCUT2D eigenvalue weighted by molar-refractivity contribution is 0.108. The smallest absolute Gasteiger partial charge is 0.319 e. The second-order valence-corrected chi connectivity index (χ2v) is 12.3. The van der Waals surface area contributed by atoms with E-state index in [0.717, 1.165) is 61.3 Å². The number of pyridine rings is 1. The maximum atomic E-state index is 16.5. The van der Waals surface area contributed by atoms with Crippen LogP contribution in [0.25, 0.3) is 33.1 Å². The van der Waals surface area contributed by atoms with Gasteiger partial charge >= 0.3 is 6.01 Å². The lowest BCUT2D eigenvalue weighted by atomic mass is 9.95. The van der Waals surface area contributed by atoms with Crippen LogP contribution >= 0.6 is 0 Å². The van der Waals surface area contributed by atoms with Crippen molar-refractivity contribution < 1.29 is 9.13 Å². The summed E-state index contributed by atoms with van der Waals surface area (Å²) in [4.78, 5) is 19.3. The quantitative estimate of drug-likeness (QED) is 0.339. The first-order valence-electron chi connectivity index (χ1n) is 14.6. The number of hydrogen-bond acceptors (Lipinski definition) is 6. The van der Waals surface area contributed by atoms with Gasteiger partial charge in [-0.15, -0.1) is 0 Å². The highest BCUT2D eigenvalue weighted by molar-refractivity contribution is 5.97. The molecule has 39 heavy (non-hydrogen) atoms. The molecule has 1 saturated carbocycles. The Kier molecular flexibility index (Phi) is 5.38. The Morgan fingerprint density at radius 1 is 1.05 bits per heavy atom. The largest absolute Gasteiger partial charge is 0.461 e. The van der Waals surface area contributed by atoms with Gasteiger partial charge < -0.3 is 14.2 Å². The molecule has 0 spiro atoms. The van der Waals surface area contributed by atoms with Crippen molar-refractivity contribution >= 4 is 27.6 Å². The Morgan fingerprint density at radius 3 is 2.64 bits per heavy atom. The van der Waals surface area contributed by atoms with E-state index in [-0.39, 0.29) is 11.5 Å². The number of halogens is 1. The van der Waals surface area contributed by atoms with Crippen molar-refractivity contribution in [2.45, 2.75) is 50.5 Å². The van der Waals surface area contributed by atoms with Gasteiger partial charge in [0.2, 0.25) is 0 Å². The summed E-state index contributed by atoms with van der Waals surface area (Å²) in [5.74, 6) is 1.72. The molecule has 4 fully saturated rings. The average molecular weight is 527 g/mol. The minimum absolute atomic E-state index is 0.0762. The van der Waals surface area contributed by atoms with Gasteiger partial charge in [0.25, 0.3) is 0 Å². The molecule has 4 aromatic rings. The Morgan fingerprint density at radius 2 is 1.85 bits per heavy atom. The molecule has 3 aliphatic heterocycles. The number of nitrogens with zero attached hydrogens (tertiary/aromatic N) is 6. The molecule has 4 aliphatic rings. The molecule has 3 saturated heterocycles. The fourth-order valence-electron chi connectivity index (χ4n) is 8.10. The van der Waals surface area contributed by atoms with Gasteiger partial charge in [0.15, 0.2) is 5.82 Å². The molecule has 2 bridgehead atoms. The van der Waals surface area contributed by atoms with Gasteiger partial charge in [0, 0.05) is 43.5 Å². The Bertz CT molecular complexity index is 1560. The third-order valence-electron chi connectivity index (χ3n) is 9.98. The van der Waals surface area contributed by atoms with E-state index >= 15 is 4.39 Å². The summed E-state index contributed by atoms with van der Waals surface area (Å²) in [6, 6.07) is 8.28. The highest BCUT2D eigenvalue weighted by Crippen LogP contribution is 2.42. The van der Waals surface area contributed by atoms with E-state index in [9.17, 15) is 0 Å². The minimum Gasteiger partial charge on any atom is -0.461 e. The third-order valence-corrected chi connectivity index (χ3v) is 9.98. The molecule has 2 atom stereocenters. The van der Waals surface area contributed by atoms with E-state index in [1.54, 1.807) is 6.20 Å². The number of ether oxygens (including phenoxy) is 1. The number of piperidine rings is 1. The normalized spacial score (nSPS) is 24.2. The van der Waals surface area contributed by atoms with Gasteiger partial charge in [-0.05, 0) is 75.9 Å². The number of aromatic nitrogens is 4. The first kappa shape index (κ1) is 23.6. The zero-order valence-corrected chi connectivity index (χ0v) is 22.6. The van der Waals surface area contributed by atoms with Crippen LogP contribution in [0.3, 0.4) is 0 Å². The van der Waals surface area contributed by atoms with Crippen molar-refractivity contribution in [1.82, 2.24) is 24.4 Å². The van der Waals surface area contributed by atoms with E-state index in [1.165, 1.54) is 32.1 Å². The summed E-state index contributed by atoms with van der Waals surface area (Å²) in [6.45, 7) is 4.74. The fourth-order valence-corrected chi connectivity index (χ4v) is 8.10. The number of rotatable bonds is 5. The van der Waals surface area contributed by atoms with Crippen molar-refractivity contribution in [2.24, 2.45) is 18.9 Å². The lowest BCUT2D eigenvalue weighted by Gasteiger charge is -2.34. The summed E-state index contributed by atoms with van der Waals surface area (Å²) in [5, 5.41) is 1.73. The van der Waals surface area contributed by atoms with Crippen LogP contribution in [0.15, 0.2) is 36.7 Å². The molecule has 7 nitrogen and oxygen atoms in total. The fraction of sp³-hybridized carbons (Fsp3) is 0.516. The van der Waals surface area contributed by atoms with Crippen molar-refractivity contribution in [3.63, 3.8) is 0 Å². The predicted molar refractivity (Wildman–Crippen MR) is 151 cm³/mol. The minimum atomic E-state index is -0.406. The van der Waals surface area contributed by atoms with E-state index in [2.05, 4.69) is 9.80 Å². The second-order valence-electron chi connectivity index (χ2n) is 12.3. The van der Waals surface area contributed by atoms with Crippen molar-refractivity contribution in [3.05, 3.63) is 42.5 Å². The summed E-state index contributed by atoms with van der Waals surface area (Å²) >= 11 is 0. The van der Waals surface area contributed by atoms with E-state index in [1.807, 2.05) is 42.1 Å². The second kappa shape index (κ2) is 8.88. The SMILES string of the molecule is Cn1ccc2cccc(-c3ncc4c(N5CC6CCC(C6)C5)nc(OCC56CCCN5CCC6)nc4c3F)c21. The molecule has 3 aromatic heterocycles. The number of anilines is 1. The number of benzene rings is 1.